The molecule has 0 saturated carbocycles. The Bertz CT molecular complexity index is 118. The van der Waals surface area contributed by atoms with Crippen molar-refractivity contribution in [1.82, 2.24) is 10.4 Å². The van der Waals surface area contributed by atoms with Crippen molar-refractivity contribution < 1.29 is 5.21 Å². The van der Waals surface area contributed by atoms with Crippen LogP contribution in [0.25, 0.3) is 0 Å². The molecule has 0 amide bonds. The molecule has 0 aromatic rings. The smallest absolute Gasteiger partial charge is 0.0515 e. The summed E-state index contributed by atoms with van der Waals surface area (Å²) in [6.07, 6.45) is 1.16. The topological polar surface area (TPSA) is 35.5 Å². The molecule has 9 heavy (non-hydrogen) atoms. The third kappa shape index (κ3) is 0.764. The third-order valence-corrected chi connectivity index (χ3v) is 2.42. The molecule has 0 aliphatic carbocycles. The highest BCUT2D eigenvalue weighted by Gasteiger charge is 2.36. The summed E-state index contributed by atoms with van der Waals surface area (Å²) in [5.74, 6) is 0.718. The molecule has 2 unspecified atom stereocenters. The number of hydrogen-bond donors (Lipinski definition) is 2. The number of nitrogens with zero attached hydrogens (tertiary/aromatic N) is 1. The fourth-order valence-corrected chi connectivity index (χ4v) is 1.83. The van der Waals surface area contributed by atoms with E-state index >= 15 is 0 Å². The lowest BCUT2D eigenvalue weighted by Crippen LogP contribution is -2.30. The molecule has 2 saturated heterocycles. The summed E-state index contributed by atoms with van der Waals surface area (Å²) in [4.78, 5) is 0. The van der Waals surface area contributed by atoms with Crippen LogP contribution in [0.1, 0.15) is 6.42 Å². The molecule has 3 heteroatoms. The minimum absolute atomic E-state index is 0.421. The lowest BCUT2D eigenvalue weighted by atomic mass is 10.1. The second-order valence-corrected chi connectivity index (χ2v) is 2.94. The molecule has 52 valence electrons. The molecule has 0 spiro atoms. The van der Waals surface area contributed by atoms with Crippen molar-refractivity contribution in [1.29, 1.82) is 0 Å². The first kappa shape index (κ1) is 5.65. The molecule has 2 rings (SSSR count). The van der Waals surface area contributed by atoms with Crippen molar-refractivity contribution in [3.8, 4) is 0 Å². The van der Waals surface area contributed by atoms with Crippen LogP contribution >= 0.6 is 0 Å². The Kier molecular flexibility index (Phi) is 1.22. The van der Waals surface area contributed by atoms with Crippen LogP contribution in [0.5, 0.6) is 0 Å². The Morgan fingerprint density at radius 2 is 2.33 bits per heavy atom. The van der Waals surface area contributed by atoms with Gasteiger partial charge in [-0.15, -0.1) is 0 Å². The summed E-state index contributed by atoms with van der Waals surface area (Å²) in [5.41, 5.74) is 0. The largest absolute Gasteiger partial charge is 0.315 e. The summed E-state index contributed by atoms with van der Waals surface area (Å²) in [6, 6.07) is 0.421. The minimum Gasteiger partial charge on any atom is -0.315 e. The standard InChI is InChI=1S/C6H12N2O/c9-8-2-1-5-3-7-4-6(5)8/h5-7,9H,1-4H2. The van der Waals surface area contributed by atoms with Crippen molar-refractivity contribution in [2.45, 2.75) is 12.5 Å². The quantitative estimate of drug-likeness (QED) is 0.469. The summed E-state index contributed by atoms with van der Waals surface area (Å²) in [7, 11) is 0. The highest BCUT2D eigenvalue weighted by molar-refractivity contribution is 4.90. The SMILES string of the molecule is ON1CCC2CNCC21. The summed E-state index contributed by atoms with van der Waals surface area (Å²) in [6.45, 7) is 2.94. The van der Waals surface area contributed by atoms with Crippen LogP contribution in [0.3, 0.4) is 0 Å². The average Bonchev–Trinajstić information content (AvgIpc) is 2.35. The second kappa shape index (κ2) is 1.94. The first-order chi connectivity index (χ1) is 4.38. The number of rotatable bonds is 0. The van der Waals surface area contributed by atoms with Crippen molar-refractivity contribution >= 4 is 0 Å². The maximum Gasteiger partial charge on any atom is 0.0515 e. The number of fused-ring (bicyclic) bond motifs is 1. The minimum atomic E-state index is 0.421. The molecule has 2 atom stereocenters. The van der Waals surface area contributed by atoms with Gasteiger partial charge >= 0.3 is 0 Å². The first-order valence-corrected chi connectivity index (χ1v) is 3.54. The number of nitrogens with one attached hydrogen (secondary N) is 1. The van der Waals surface area contributed by atoms with Gasteiger partial charge in [-0.05, 0) is 18.9 Å². The second-order valence-electron chi connectivity index (χ2n) is 2.94. The highest BCUT2D eigenvalue weighted by Crippen LogP contribution is 2.24. The molecule has 2 heterocycles. The molecule has 2 aliphatic heterocycles. The highest BCUT2D eigenvalue weighted by atomic mass is 16.5. The lowest BCUT2D eigenvalue weighted by Gasteiger charge is -2.13. The Morgan fingerprint density at radius 1 is 1.44 bits per heavy atom. The van der Waals surface area contributed by atoms with E-state index in [1.165, 1.54) is 5.06 Å². The van der Waals surface area contributed by atoms with E-state index in [1.807, 2.05) is 0 Å². The number of hydroxylamine groups is 2. The molecular weight excluding hydrogens is 116 g/mol. The van der Waals surface area contributed by atoms with Gasteiger partial charge < -0.3 is 10.5 Å². The van der Waals surface area contributed by atoms with Gasteiger partial charge in [-0.25, -0.2) is 0 Å². The Hall–Kier alpha value is -0.120. The monoisotopic (exact) mass is 128 g/mol. The van der Waals surface area contributed by atoms with Crippen LogP contribution in [0.2, 0.25) is 0 Å². The lowest BCUT2D eigenvalue weighted by molar-refractivity contribution is -0.101. The van der Waals surface area contributed by atoms with Crippen molar-refractivity contribution in [3.63, 3.8) is 0 Å². The van der Waals surface area contributed by atoms with Gasteiger partial charge in [-0.2, -0.15) is 5.06 Å². The average molecular weight is 128 g/mol. The summed E-state index contributed by atoms with van der Waals surface area (Å²) < 4.78 is 0. The van der Waals surface area contributed by atoms with Gasteiger partial charge in [-0.3, -0.25) is 0 Å². The Labute approximate surface area is 54.6 Å². The zero-order valence-corrected chi connectivity index (χ0v) is 5.38. The zero-order valence-electron chi connectivity index (χ0n) is 5.38. The molecule has 0 aromatic carbocycles. The van der Waals surface area contributed by atoms with E-state index in [-0.39, 0.29) is 0 Å². The maximum atomic E-state index is 9.19. The van der Waals surface area contributed by atoms with Gasteiger partial charge in [0.1, 0.15) is 0 Å². The predicted molar refractivity (Wildman–Crippen MR) is 33.3 cm³/mol. The third-order valence-electron chi connectivity index (χ3n) is 2.42. The van der Waals surface area contributed by atoms with E-state index in [2.05, 4.69) is 5.32 Å². The first-order valence-electron chi connectivity index (χ1n) is 3.54. The van der Waals surface area contributed by atoms with Crippen LogP contribution < -0.4 is 5.32 Å². The molecule has 0 bridgehead atoms. The van der Waals surface area contributed by atoms with Crippen LogP contribution in [-0.4, -0.2) is 35.9 Å². The van der Waals surface area contributed by atoms with Gasteiger partial charge in [0.25, 0.3) is 0 Å². The van der Waals surface area contributed by atoms with Crippen LogP contribution in [-0.2, 0) is 0 Å². The van der Waals surface area contributed by atoms with Crippen LogP contribution in [0, 0.1) is 5.92 Å². The molecule has 2 fully saturated rings. The van der Waals surface area contributed by atoms with Crippen molar-refractivity contribution in [2.75, 3.05) is 19.6 Å². The molecular formula is C6H12N2O. The van der Waals surface area contributed by atoms with E-state index < -0.39 is 0 Å². The molecule has 2 N–H and O–H groups in total. The Morgan fingerprint density at radius 3 is 3.11 bits per heavy atom. The van der Waals surface area contributed by atoms with Gasteiger partial charge in [0.2, 0.25) is 0 Å². The van der Waals surface area contributed by atoms with Gasteiger partial charge in [0.05, 0.1) is 6.04 Å². The fourth-order valence-electron chi connectivity index (χ4n) is 1.83. The van der Waals surface area contributed by atoms with Crippen molar-refractivity contribution in [2.24, 2.45) is 5.92 Å². The molecule has 2 aliphatic rings. The predicted octanol–water partition coefficient (Wildman–Crippen LogP) is -0.331. The Balaban J connectivity index is 2.07. The van der Waals surface area contributed by atoms with E-state index in [0.29, 0.717) is 6.04 Å². The van der Waals surface area contributed by atoms with Crippen molar-refractivity contribution in [3.05, 3.63) is 0 Å². The van der Waals surface area contributed by atoms with Gasteiger partial charge in [-0.1, -0.05) is 0 Å². The molecule has 0 radical (unpaired) electrons. The van der Waals surface area contributed by atoms with E-state index in [1.54, 1.807) is 0 Å². The maximum absolute atomic E-state index is 9.19. The van der Waals surface area contributed by atoms with Gasteiger partial charge in [0, 0.05) is 13.1 Å². The van der Waals surface area contributed by atoms with E-state index in [0.717, 1.165) is 32.0 Å². The van der Waals surface area contributed by atoms with E-state index in [9.17, 15) is 5.21 Å². The van der Waals surface area contributed by atoms with Gasteiger partial charge in [0.15, 0.2) is 0 Å². The summed E-state index contributed by atoms with van der Waals surface area (Å²) in [5, 5.41) is 13.9. The van der Waals surface area contributed by atoms with E-state index in [4.69, 9.17) is 0 Å². The zero-order chi connectivity index (χ0) is 6.27. The van der Waals surface area contributed by atoms with Crippen LogP contribution in [0.15, 0.2) is 0 Å². The normalized spacial score (nSPS) is 43.7. The fraction of sp³-hybridized carbons (Fsp3) is 1.00. The molecule has 0 aromatic heterocycles. The van der Waals surface area contributed by atoms with Crippen LogP contribution in [0.4, 0.5) is 0 Å². The molecule has 3 nitrogen and oxygen atoms in total. The summed E-state index contributed by atoms with van der Waals surface area (Å²) >= 11 is 0. The number of hydrogen-bond acceptors (Lipinski definition) is 3.